The molecule has 0 heterocycles. The van der Waals surface area contributed by atoms with Crippen LogP contribution in [0.2, 0.25) is 0 Å². The molecule has 0 bridgehead atoms. The second-order valence-electron chi connectivity index (χ2n) is 5.47. The zero-order valence-corrected chi connectivity index (χ0v) is 13.7. The molecule has 1 atom stereocenters. The molecule has 0 fully saturated rings. The Labute approximate surface area is 147 Å². The average molecular weight is 367 g/mol. The maximum absolute atomic E-state index is 12.7. The van der Waals surface area contributed by atoms with E-state index in [9.17, 15) is 22.8 Å². The lowest BCUT2D eigenvalue weighted by Gasteiger charge is -2.14. The lowest BCUT2D eigenvalue weighted by atomic mass is 10.1. The SMILES string of the molecule is C[C@@H](OC(=O)c1ccc(CO)cc1)C(=O)Nc1cccc(C(F)(F)F)c1. The quantitative estimate of drug-likeness (QED) is 0.795. The minimum atomic E-state index is -4.53. The summed E-state index contributed by atoms with van der Waals surface area (Å²) in [6, 6.07) is 10.1. The molecule has 1 amide bonds. The van der Waals surface area contributed by atoms with E-state index < -0.39 is 29.7 Å². The Morgan fingerprint density at radius 2 is 1.81 bits per heavy atom. The molecular weight excluding hydrogens is 351 g/mol. The second kappa shape index (κ2) is 8.01. The Hall–Kier alpha value is -2.87. The van der Waals surface area contributed by atoms with Gasteiger partial charge in [-0.3, -0.25) is 4.79 Å². The van der Waals surface area contributed by atoms with Gasteiger partial charge in [0.15, 0.2) is 6.10 Å². The van der Waals surface area contributed by atoms with Crippen molar-refractivity contribution in [3.63, 3.8) is 0 Å². The van der Waals surface area contributed by atoms with Gasteiger partial charge in [0.05, 0.1) is 17.7 Å². The maximum Gasteiger partial charge on any atom is 0.416 e. The molecular formula is C18H16F3NO4. The molecule has 2 aromatic carbocycles. The lowest BCUT2D eigenvalue weighted by molar-refractivity contribution is -0.137. The summed E-state index contributed by atoms with van der Waals surface area (Å²) in [5.41, 5.74) is -0.165. The maximum atomic E-state index is 12.7. The summed E-state index contributed by atoms with van der Waals surface area (Å²) in [6.45, 7) is 1.13. The highest BCUT2D eigenvalue weighted by Crippen LogP contribution is 2.30. The highest BCUT2D eigenvalue weighted by Gasteiger charge is 2.30. The van der Waals surface area contributed by atoms with Crippen LogP contribution in [0.25, 0.3) is 0 Å². The summed E-state index contributed by atoms with van der Waals surface area (Å²) < 4.78 is 43.0. The number of halogens is 3. The van der Waals surface area contributed by atoms with Crippen molar-refractivity contribution < 1.29 is 32.6 Å². The van der Waals surface area contributed by atoms with Crippen molar-refractivity contribution in [3.05, 3.63) is 65.2 Å². The van der Waals surface area contributed by atoms with Crippen LogP contribution in [0.15, 0.2) is 48.5 Å². The number of anilines is 1. The fourth-order valence-corrected chi connectivity index (χ4v) is 2.05. The first-order chi connectivity index (χ1) is 12.2. The molecule has 2 rings (SSSR count). The largest absolute Gasteiger partial charge is 0.449 e. The van der Waals surface area contributed by atoms with Crippen LogP contribution in [0.1, 0.15) is 28.4 Å². The third-order valence-corrected chi connectivity index (χ3v) is 3.48. The van der Waals surface area contributed by atoms with Crippen LogP contribution < -0.4 is 5.32 Å². The van der Waals surface area contributed by atoms with Crippen molar-refractivity contribution in [1.29, 1.82) is 0 Å². The molecule has 2 N–H and O–H groups in total. The van der Waals surface area contributed by atoms with Crippen LogP contribution in [0.5, 0.6) is 0 Å². The summed E-state index contributed by atoms with van der Waals surface area (Å²) in [7, 11) is 0. The Bertz CT molecular complexity index is 788. The smallest absolute Gasteiger partial charge is 0.416 e. The van der Waals surface area contributed by atoms with Gasteiger partial charge in [0.1, 0.15) is 0 Å². The molecule has 0 unspecified atom stereocenters. The minimum Gasteiger partial charge on any atom is -0.449 e. The second-order valence-corrected chi connectivity index (χ2v) is 5.47. The van der Waals surface area contributed by atoms with Crippen LogP contribution in [0.3, 0.4) is 0 Å². The number of carbonyl (C=O) groups excluding carboxylic acids is 2. The van der Waals surface area contributed by atoms with E-state index in [4.69, 9.17) is 9.84 Å². The van der Waals surface area contributed by atoms with Crippen LogP contribution in [0, 0.1) is 0 Å². The van der Waals surface area contributed by atoms with Crippen LogP contribution in [-0.2, 0) is 22.3 Å². The van der Waals surface area contributed by atoms with Gasteiger partial charge in [-0.05, 0) is 42.8 Å². The third kappa shape index (κ3) is 5.06. The van der Waals surface area contributed by atoms with Crippen LogP contribution in [0.4, 0.5) is 18.9 Å². The third-order valence-electron chi connectivity index (χ3n) is 3.48. The van der Waals surface area contributed by atoms with Gasteiger partial charge in [-0.1, -0.05) is 18.2 Å². The summed E-state index contributed by atoms with van der Waals surface area (Å²) in [6.07, 6.45) is -5.74. The van der Waals surface area contributed by atoms with Gasteiger partial charge in [0, 0.05) is 5.69 Å². The number of nitrogens with one attached hydrogen (secondary N) is 1. The van der Waals surface area contributed by atoms with E-state index in [0.29, 0.717) is 5.56 Å². The molecule has 138 valence electrons. The summed E-state index contributed by atoms with van der Waals surface area (Å²) in [5, 5.41) is 11.2. The molecule has 0 aromatic heterocycles. The fourth-order valence-electron chi connectivity index (χ4n) is 2.05. The Balaban J connectivity index is 1.99. The molecule has 0 saturated carbocycles. The van der Waals surface area contributed by atoms with E-state index in [-0.39, 0.29) is 17.9 Å². The van der Waals surface area contributed by atoms with E-state index in [2.05, 4.69) is 5.32 Å². The predicted molar refractivity (Wildman–Crippen MR) is 87.3 cm³/mol. The molecule has 8 heteroatoms. The predicted octanol–water partition coefficient (Wildman–Crippen LogP) is 3.38. The number of rotatable bonds is 5. The van der Waals surface area contributed by atoms with Crippen molar-refractivity contribution in [1.82, 2.24) is 0 Å². The van der Waals surface area contributed by atoms with Gasteiger partial charge in [-0.25, -0.2) is 4.79 Å². The molecule has 0 saturated heterocycles. The standard InChI is InChI=1S/C18H16F3NO4/c1-11(26-17(25)13-7-5-12(10-23)6-8-13)16(24)22-15-4-2-3-14(9-15)18(19,20)21/h2-9,11,23H,10H2,1H3,(H,22,24)/t11-/m1/s1. The van der Waals surface area contributed by atoms with Gasteiger partial charge in [-0.2, -0.15) is 13.2 Å². The molecule has 0 aliphatic heterocycles. The molecule has 0 aliphatic rings. The van der Waals surface area contributed by atoms with Crippen molar-refractivity contribution in [2.24, 2.45) is 0 Å². The molecule has 2 aromatic rings. The molecule has 26 heavy (non-hydrogen) atoms. The zero-order valence-electron chi connectivity index (χ0n) is 13.7. The minimum absolute atomic E-state index is 0.0555. The van der Waals surface area contributed by atoms with Crippen molar-refractivity contribution in [3.8, 4) is 0 Å². The highest BCUT2D eigenvalue weighted by molar-refractivity contribution is 5.97. The van der Waals surface area contributed by atoms with Gasteiger partial charge in [0.2, 0.25) is 0 Å². The normalized spacial score (nSPS) is 12.3. The number of esters is 1. The average Bonchev–Trinajstić information content (AvgIpc) is 2.61. The monoisotopic (exact) mass is 367 g/mol. The number of carbonyl (C=O) groups is 2. The number of alkyl halides is 3. The van der Waals surface area contributed by atoms with E-state index in [1.54, 1.807) is 0 Å². The Morgan fingerprint density at radius 3 is 2.38 bits per heavy atom. The van der Waals surface area contributed by atoms with Gasteiger partial charge in [0.25, 0.3) is 5.91 Å². The number of ether oxygens (including phenoxy) is 1. The fraction of sp³-hybridized carbons (Fsp3) is 0.222. The van der Waals surface area contributed by atoms with E-state index in [1.165, 1.54) is 37.3 Å². The number of hydrogen-bond acceptors (Lipinski definition) is 4. The Morgan fingerprint density at radius 1 is 1.15 bits per heavy atom. The number of amides is 1. The molecule has 5 nitrogen and oxygen atoms in total. The Kier molecular flexibility index (Phi) is 5.99. The highest BCUT2D eigenvalue weighted by atomic mass is 19.4. The summed E-state index contributed by atoms with van der Waals surface area (Å²) >= 11 is 0. The van der Waals surface area contributed by atoms with E-state index >= 15 is 0 Å². The van der Waals surface area contributed by atoms with E-state index in [0.717, 1.165) is 18.2 Å². The van der Waals surface area contributed by atoms with Gasteiger partial charge in [-0.15, -0.1) is 0 Å². The first-order valence-electron chi connectivity index (χ1n) is 7.59. The van der Waals surface area contributed by atoms with Crippen molar-refractivity contribution in [2.45, 2.75) is 25.8 Å². The van der Waals surface area contributed by atoms with Crippen LogP contribution >= 0.6 is 0 Å². The number of benzene rings is 2. The molecule has 0 aliphatic carbocycles. The van der Waals surface area contributed by atoms with Crippen molar-refractivity contribution >= 4 is 17.6 Å². The molecule has 0 radical (unpaired) electrons. The zero-order chi connectivity index (χ0) is 19.3. The number of aliphatic hydroxyl groups excluding tert-OH is 1. The van der Waals surface area contributed by atoms with Gasteiger partial charge >= 0.3 is 12.1 Å². The summed E-state index contributed by atoms with van der Waals surface area (Å²) in [4.78, 5) is 24.0. The van der Waals surface area contributed by atoms with Crippen LogP contribution in [-0.4, -0.2) is 23.1 Å². The number of hydrogen-bond donors (Lipinski definition) is 2. The van der Waals surface area contributed by atoms with Gasteiger partial charge < -0.3 is 15.2 Å². The first kappa shape index (κ1) is 19.5. The summed E-state index contributed by atoms with van der Waals surface area (Å²) in [5.74, 6) is -1.52. The number of aliphatic hydroxyl groups is 1. The molecule has 0 spiro atoms. The topological polar surface area (TPSA) is 75.6 Å². The first-order valence-corrected chi connectivity index (χ1v) is 7.59. The van der Waals surface area contributed by atoms with E-state index in [1.807, 2.05) is 0 Å². The lowest BCUT2D eigenvalue weighted by Crippen LogP contribution is -2.30. The van der Waals surface area contributed by atoms with Crippen molar-refractivity contribution in [2.75, 3.05) is 5.32 Å².